The second-order valence-corrected chi connectivity index (χ2v) is 12.5. The summed E-state index contributed by atoms with van der Waals surface area (Å²) >= 11 is 0. The van der Waals surface area contributed by atoms with Gasteiger partial charge in [-0.25, -0.2) is 4.39 Å². The van der Waals surface area contributed by atoms with Crippen molar-refractivity contribution in [1.82, 2.24) is 15.1 Å². The Morgan fingerprint density at radius 2 is 1.61 bits per heavy atom. The number of anilines is 1. The van der Waals surface area contributed by atoms with E-state index in [0.29, 0.717) is 49.8 Å². The SMILES string of the molecule is CCCCCC(=O)N(C)c1cc(F)cc(C(=O)N2CCN(C(=O)c3ccc(O[C@H]4CCNC4)c(C4CCCCC4)c3)CC2)c1. The van der Waals surface area contributed by atoms with Crippen LogP contribution in [-0.2, 0) is 4.79 Å². The van der Waals surface area contributed by atoms with Gasteiger partial charge in [0.25, 0.3) is 11.8 Å². The number of carbonyl (C=O) groups excluding carboxylic acids is 3. The van der Waals surface area contributed by atoms with E-state index in [1.165, 1.54) is 36.3 Å². The van der Waals surface area contributed by atoms with Crippen molar-refractivity contribution in [3.8, 4) is 5.75 Å². The average Bonchev–Trinajstić information content (AvgIpc) is 3.57. The van der Waals surface area contributed by atoms with Crippen LogP contribution >= 0.6 is 0 Å². The summed E-state index contributed by atoms with van der Waals surface area (Å²) in [7, 11) is 1.62. The van der Waals surface area contributed by atoms with Crippen molar-refractivity contribution in [1.29, 1.82) is 0 Å². The van der Waals surface area contributed by atoms with Gasteiger partial charge in [0, 0.05) is 63.0 Å². The van der Waals surface area contributed by atoms with Crippen LogP contribution in [0.5, 0.6) is 5.75 Å². The Bertz CT molecular complexity index is 1310. The molecule has 5 rings (SSSR count). The molecule has 1 aliphatic carbocycles. The highest BCUT2D eigenvalue weighted by Crippen LogP contribution is 2.39. The van der Waals surface area contributed by atoms with Gasteiger partial charge in [-0.1, -0.05) is 39.0 Å². The van der Waals surface area contributed by atoms with Gasteiger partial charge in [-0.3, -0.25) is 14.4 Å². The van der Waals surface area contributed by atoms with Crippen LogP contribution in [0.2, 0.25) is 0 Å². The summed E-state index contributed by atoms with van der Waals surface area (Å²) in [5.41, 5.74) is 2.38. The highest BCUT2D eigenvalue weighted by molar-refractivity contribution is 5.98. The molecule has 3 fully saturated rings. The maximum Gasteiger partial charge on any atom is 0.254 e. The second-order valence-electron chi connectivity index (χ2n) is 12.5. The Balaban J connectivity index is 1.23. The van der Waals surface area contributed by atoms with E-state index in [1.54, 1.807) is 22.9 Å². The fourth-order valence-electron chi connectivity index (χ4n) is 6.64. The van der Waals surface area contributed by atoms with Crippen LogP contribution in [0.25, 0.3) is 0 Å². The lowest BCUT2D eigenvalue weighted by molar-refractivity contribution is -0.118. The maximum absolute atomic E-state index is 14.6. The van der Waals surface area contributed by atoms with Gasteiger partial charge in [-0.15, -0.1) is 0 Å². The molecule has 2 saturated heterocycles. The quantitative estimate of drug-likeness (QED) is 0.348. The number of halogens is 1. The smallest absolute Gasteiger partial charge is 0.254 e. The predicted molar refractivity (Wildman–Crippen MR) is 170 cm³/mol. The molecule has 2 aliphatic heterocycles. The monoisotopic (exact) mass is 606 g/mol. The minimum absolute atomic E-state index is 0.0421. The zero-order chi connectivity index (χ0) is 31.1. The van der Waals surface area contributed by atoms with Gasteiger partial charge in [0.1, 0.15) is 17.7 Å². The number of rotatable bonds is 10. The highest BCUT2D eigenvalue weighted by atomic mass is 19.1. The van der Waals surface area contributed by atoms with Crippen molar-refractivity contribution in [2.24, 2.45) is 0 Å². The molecule has 2 heterocycles. The van der Waals surface area contributed by atoms with Crippen LogP contribution in [-0.4, -0.2) is 79.9 Å². The summed E-state index contributed by atoms with van der Waals surface area (Å²) in [5.74, 6) is 0.304. The van der Waals surface area contributed by atoms with E-state index >= 15 is 0 Å². The molecular weight excluding hydrogens is 559 g/mol. The molecule has 2 aromatic rings. The third kappa shape index (κ3) is 7.78. The standard InChI is InChI=1S/C35H47FN4O4/c1-3-4-6-11-33(41)38(2)29-21-27(20-28(36)23-29)35(43)40-18-16-39(17-19-40)34(42)26-12-13-32(44-30-14-15-37-24-30)31(22-26)25-9-7-5-8-10-25/h12-13,20-23,25,30,37H,3-11,14-19,24H2,1-2H3/t30-/m0/s1. The lowest BCUT2D eigenvalue weighted by Gasteiger charge is -2.35. The third-order valence-corrected chi connectivity index (χ3v) is 9.35. The van der Waals surface area contributed by atoms with Gasteiger partial charge in [-0.05, 0) is 80.1 Å². The van der Waals surface area contributed by atoms with E-state index in [1.807, 2.05) is 18.2 Å². The normalized spacial score (nSPS) is 19.2. The molecule has 0 bridgehead atoms. The van der Waals surface area contributed by atoms with Crippen LogP contribution in [0.4, 0.5) is 10.1 Å². The topological polar surface area (TPSA) is 82.2 Å². The van der Waals surface area contributed by atoms with Crippen molar-refractivity contribution < 1.29 is 23.5 Å². The first kappa shape index (κ1) is 31.9. The van der Waals surface area contributed by atoms with Gasteiger partial charge < -0.3 is 24.8 Å². The molecule has 0 spiro atoms. The summed E-state index contributed by atoms with van der Waals surface area (Å²) < 4.78 is 21.0. The number of hydrogen-bond donors (Lipinski definition) is 1. The zero-order valence-corrected chi connectivity index (χ0v) is 26.3. The number of nitrogens with one attached hydrogen (secondary N) is 1. The number of amides is 3. The summed E-state index contributed by atoms with van der Waals surface area (Å²) in [6.07, 6.45) is 10.2. The number of ether oxygens (including phenoxy) is 1. The fourth-order valence-corrected chi connectivity index (χ4v) is 6.64. The zero-order valence-electron chi connectivity index (χ0n) is 26.3. The molecule has 0 unspecified atom stereocenters. The van der Waals surface area contributed by atoms with Crippen LogP contribution in [0.15, 0.2) is 36.4 Å². The minimum Gasteiger partial charge on any atom is -0.489 e. The van der Waals surface area contributed by atoms with Crippen molar-refractivity contribution in [3.05, 3.63) is 58.9 Å². The van der Waals surface area contributed by atoms with Crippen molar-refractivity contribution >= 4 is 23.4 Å². The molecule has 0 radical (unpaired) electrons. The third-order valence-electron chi connectivity index (χ3n) is 9.35. The van der Waals surface area contributed by atoms with Gasteiger partial charge in [-0.2, -0.15) is 0 Å². The van der Waals surface area contributed by atoms with E-state index in [9.17, 15) is 18.8 Å². The first-order valence-electron chi connectivity index (χ1n) is 16.5. The van der Waals surface area contributed by atoms with Crippen molar-refractivity contribution in [3.63, 3.8) is 0 Å². The predicted octanol–water partition coefficient (Wildman–Crippen LogP) is 5.76. The number of hydrogen-bond acceptors (Lipinski definition) is 5. The molecule has 1 saturated carbocycles. The van der Waals surface area contributed by atoms with E-state index in [-0.39, 0.29) is 29.4 Å². The Labute approximate surface area is 260 Å². The molecule has 9 heteroatoms. The van der Waals surface area contributed by atoms with Gasteiger partial charge in [0.05, 0.1) is 0 Å². The van der Waals surface area contributed by atoms with E-state index in [4.69, 9.17) is 4.74 Å². The molecule has 0 aromatic heterocycles. The maximum atomic E-state index is 14.6. The van der Waals surface area contributed by atoms with Gasteiger partial charge in [0.15, 0.2) is 0 Å². The molecular formula is C35H47FN4O4. The summed E-state index contributed by atoms with van der Waals surface area (Å²) in [6.45, 7) is 5.38. The fraction of sp³-hybridized carbons (Fsp3) is 0.571. The largest absolute Gasteiger partial charge is 0.489 e. The number of nitrogens with zero attached hydrogens (tertiary/aromatic N) is 3. The minimum atomic E-state index is -0.557. The first-order valence-corrected chi connectivity index (χ1v) is 16.5. The van der Waals surface area contributed by atoms with Crippen molar-refractivity contribution in [2.75, 3.05) is 51.2 Å². The summed E-state index contributed by atoms with van der Waals surface area (Å²) in [4.78, 5) is 44.5. The van der Waals surface area contributed by atoms with Crippen LogP contribution < -0.4 is 15.0 Å². The van der Waals surface area contributed by atoms with Crippen LogP contribution in [0.3, 0.4) is 0 Å². The molecule has 2 aromatic carbocycles. The number of carbonyl (C=O) groups is 3. The van der Waals surface area contributed by atoms with Gasteiger partial charge in [0.2, 0.25) is 5.91 Å². The first-order chi connectivity index (χ1) is 21.3. The Kier molecular flexibility index (Phi) is 10.9. The Hall–Kier alpha value is -3.46. The average molecular weight is 607 g/mol. The number of piperazine rings is 1. The number of benzene rings is 2. The lowest BCUT2D eigenvalue weighted by atomic mass is 9.83. The van der Waals surface area contributed by atoms with Gasteiger partial charge >= 0.3 is 0 Å². The molecule has 3 amide bonds. The molecule has 238 valence electrons. The van der Waals surface area contributed by atoms with Crippen LogP contribution in [0.1, 0.15) is 103 Å². The number of unbranched alkanes of at least 4 members (excludes halogenated alkanes) is 2. The second kappa shape index (κ2) is 15.0. The Morgan fingerprint density at radius 1 is 0.909 bits per heavy atom. The lowest BCUT2D eigenvalue weighted by Crippen LogP contribution is -2.50. The molecule has 1 atom stereocenters. The molecule has 3 aliphatic rings. The van der Waals surface area contributed by atoms with E-state index in [0.717, 1.165) is 62.9 Å². The molecule has 1 N–H and O–H groups in total. The molecule has 8 nitrogen and oxygen atoms in total. The van der Waals surface area contributed by atoms with E-state index in [2.05, 4.69) is 12.2 Å². The molecule has 44 heavy (non-hydrogen) atoms. The van der Waals surface area contributed by atoms with Crippen molar-refractivity contribution in [2.45, 2.75) is 83.2 Å². The van der Waals surface area contributed by atoms with E-state index < -0.39 is 5.82 Å². The summed E-state index contributed by atoms with van der Waals surface area (Å²) in [6, 6.07) is 9.98. The summed E-state index contributed by atoms with van der Waals surface area (Å²) in [5, 5.41) is 3.36. The Morgan fingerprint density at radius 3 is 2.27 bits per heavy atom. The highest BCUT2D eigenvalue weighted by Gasteiger charge is 2.29. The van der Waals surface area contributed by atoms with Crippen LogP contribution in [0, 0.1) is 5.82 Å².